The van der Waals surface area contributed by atoms with Gasteiger partial charge in [-0.05, 0) is 44.0 Å². The Hall–Kier alpha value is -2.66. The first-order chi connectivity index (χ1) is 15.1. The van der Waals surface area contributed by atoms with Gasteiger partial charge in [0.15, 0.2) is 0 Å². The highest BCUT2D eigenvalue weighted by Gasteiger charge is 2.31. The van der Waals surface area contributed by atoms with Crippen LogP contribution in [0.1, 0.15) is 37.6 Å². The predicted molar refractivity (Wildman–Crippen MR) is 113 cm³/mol. The number of aryl methyl sites for hydroxylation is 1. The number of imidazole rings is 1. The molecule has 3 aromatic rings. The summed E-state index contributed by atoms with van der Waals surface area (Å²) in [6.45, 7) is 3.09. The van der Waals surface area contributed by atoms with Crippen molar-refractivity contribution in [2.75, 3.05) is 13.1 Å². The second-order valence-electron chi connectivity index (χ2n) is 7.77. The van der Waals surface area contributed by atoms with E-state index in [1.165, 1.54) is 16.4 Å². The molecule has 0 spiro atoms. The summed E-state index contributed by atoms with van der Waals surface area (Å²) in [6, 6.07) is 6.30. The van der Waals surface area contributed by atoms with E-state index in [0.29, 0.717) is 36.5 Å². The molecule has 0 unspecified atom stereocenters. The molecule has 4 rings (SSSR count). The Kier molecular flexibility index (Phi) is 5.89. The van der Waals surface area contributed by atoms with E-state index >= 15 is 0 Å². The molecule has 0 atom stereocenters. The second-order valence-corrected chi connectivity index (χ2v) is 9.71. The number of pyridine rings is 1. The lowest BCUT2D eigenvalue weighted by molar-refractivity contribution is -0.138. The number of rotatable bonds is 5. The molecule has 1 aliphatic rings. The van der Waals surface area contributed by atoms with E-state index in [0.717, 1.165) is 42.2 Å². The van der Waals surface area contributed by atoms with Crippen LogP contribution in [-0.4, -0.2) is 39.9 Å². The van der Waals surface area contributed by atoms with Gasteiger partial charge in [0.05, 0.1) is 28.0 Å². The van der Waals surface area contributed by atoms with Crippen LogP contribution in [0.2, 0.25) is 0 Å². The third kappa shape index (κ3) is 4.18. The number of halogens is 3. The molecule has 0 aliphatic carbocycles. The van der Waals surface area contributed by atoms with Crippen LogP contribution in [0.5, 0.6) is 0 Å². The standard InChI is InChI=1S/C21H23F3N4O3S/c1-2-28-18-8-7-16(32(30,31)27-10-4-3-5-11-27)12-17(18)25-19(28)14-26-13-15(21(22,23)24)6-9-20(26)29/h6-9,12-13H,2-5,10-11,14H2,1H3. The summed E-state index contributed by atoms with van der Waals surface area (Å²) >= 11 is 0. The first kappa shape index (κ1) is 22.5. The van der Waals surface area contributed by atoms with E-state index in [1.807, 2.05) is 6.92 Å². The molecule has 2 aromatic heterocycles. The quantitative estimate of drug-likeness (QED) is 0.575. The molecule has 0 saturated carbocycles. The van der Waals surface area contributed by atoms with Crippen LogP contribution in [0.3, 0.4) is 0 Å². The van der Waals surface area contributed by atoms with Crippen molar-refractivity contribution in [3.8, 4) is 0 Å². The summed E-state index contributed by atoms with van der Waals surface area (Å²) < 4.78 is 69.4. The number of nitrogens with zero attached hydrogens (tertiary/aromatic N) is 4. The molecule has 1 aromatic carbocycles. The molecule has 1 saturated heterocycles. The van der Waals surface area contributed by atoms with Crippen LogP contribution < -0.4 is 5.56 Å². The lowest BCUT2D eigenvalue weighted by atomic mass is 10.2. The number of hydrogen-bond acceptors (Lipinski definition) is 4. The van der Waals surface area contributed by atoms with Crippen molar-refractivity contribution in [2.45, 2.75) is 50.3 Å². The van der Waals surface area contributed by atoms with E-state index < -0.39 is 27.3 Å². The van der Waals surface area contributed by atoms with Crippen LogP contribution in [-0.2, 0) is 29.3 Å². The predicted octanol–water partition coefficient (Wildman–Crippen LogP) is 3.46. The summed E-state index contributed by atoms with van der Waals surface area (Å²) in [5.41, 5.74) is -0.438. The van der Waals surface area contributed by atoms with Crippen molar-refractivity contribution in [1.29, 1.82) is 0 Å². The molecule has 3 heterocycles. The van der Waals surface area contributed by atoms with Gasteiger partial charge in [-0.25, -0.2) is 13.4 Å². The Morgan fingerprint density at radius 2 is 1.78 bits per heavy atom. The van der Waals surface area contributed by atoms with Crippen LogP contribution in [0.4, 0.5) is 13.2 Å². The molecule has 11 heteroatoms. The first-order valence-electron chi connectivity index (χ1n) is 10.4. The van der Waals surface area contributed by atoms with E-state index in [-0.39, 0.29) is 11.4 Å². The van der Waals surface area contributed by atoms with Crippen LogP contribution in [0.15, 0.2) is 46.2 Å². The minimum absolute atomic E-state index is 0.135. The Labute approximate surface area is 183 Å². The second kappa shape index (κ2) is 8.36. The van der Waals surface area contributed by atoms with Crippen LogP contribution in [0, 0.1) is 0 Å². The largest absolute Gasteiger partial charge is 0.417 e. The van der Waals surface area contributed by atoms with E-state index in [1.54, 1.807) is 10.6 Å². The lowest BCUT2D eigenvalue weighted by Gasteiger charge is -2.25. The average molecular weight is 469 g/mol. The number of hydrogen-bond donors (Lipinski definition) is 0. The molecule has 0 bridgehead atoms. The molecular weight excluding hydrogens is 445 g/mol. The highest BCUT2D eigenvalue weighted by molar-refractivity contribution is 7.89. The lowest BCUT2D eigenvalue weighted by Crippen LogP contribution is -2.35. The molecule has 172 valence electrons. The van der Waals surface area contributed by atoms with Gasteiger partial charge in [0, 0.05) is 31.9 Å². The third-order valence-corrected chi connectivity index (χ3v) is 7.58. The summed E-state index contributed by atoms with van der Waals surface area (Å²) in [6.07, 6.45) is -1.15. The van der Waals surface area contributed by atoms with Gasteiger partial charge >= 0.3 is 6.18 Å². The molecule has 0 amide bonds. The molecule has 0 radical (unpaired) electrons. The monoisotopic (exact) mass is 468 g/mol. The summed E-state index contributed by atoms with van der Waals surface area (Å²) in [5.74, 6) is 0.372. The minimum Gasteiger partial charge on any atom is -0.327 e. The molecule has 1 aliphatic heterocycles. The van der Waals surface area contributed by atoms with Gasteiger partial charge in [-0.15, -0.1) is 0 Å². The maximum absolute atomic E-state index is 13.1. The summed E-state index contributed by atoms with van der Waals surface area (Å²) in [4.78, 5) is 16.8. The SMILES string of the molecule is CCn1c(Cn2cc(C(F)(F)F)ccc2=O)nc2cc(S(=O)(=O)N3CCCCC3)ccc21. The fourth-order valence-corrected chi connectivity index (χ4v) is 5.56. The van der Waals surface area contributed by atoms with Gasteiger partial charge in [-0.3, -0.25) is 4.79 Å². The highest BCUT2D eigenvalue weighted by Crippen LogP contribution is 2.29. The number of fused-ring (bicyclic) bond motifs is 1. The van der Waals surface area contributed by atoms with E-state index in [2.05, 4.69) is 4.98 Å². The molecular formula is C21H23F3N4O3S. The van der Waals surface area contributed by atoms with Crippen LogP contribution in [0.25, 0.3) is 11.0 Å². The average Bonchev–Trinajstić information content (AvgIpc) is 3.11. The van der Waals surface area contributed by atoms with Crippen molar-refractivity contribution in [3.05, 3.63) is 58.3 Å². The Balaban J connectivity index is 1.73. The van der Waals surface area contributed by atoms with Gasteiger partial charge in [-0.2, -0.15) is 17.5 Å². The molecule has 0 N–H and O–H groups in total. The number of piperidine rings is 1. The fourth-order valence-electron chi connectivity index (χ4n) is 4.02. The third-order valence-electron chi connectivity index (χ3n) is 5.69. The molecule has 32 heavy (non-hydrogen) atoms. The van der Waals surface area contributed by atoms with Gasteiger partial charge < -0.3 is 9.13 Å². The summed E-state index contributed by atoms with van der Waals surface area (Å²) in [5, 5.41) is 0. The minimum atomic E-state index is -4.57. The van der Waals surface area contributed by atoms with Crippen LogP contribution >= 0.6 is 0 Å². The maximum atomic E-state index is 13.1. The van der Waals surface area contributed by atoms with Gasteiger partial charge in [-0.1, -0.05) is 6.42 Å². The van der Waals surface area contributed by atoms with E-state index in [4.69, 9.17) is 0 Å². The van der Waals surface area contributed by atoms with Crippen molar-refractivity contribution in [1.82, 2.24) is 18.4 Å². The fraction of sp³-hybridized carbons (Fsp3) is 0.429. The number of alkyl halides is 3. The normalized spacial score (nSPS) is 16.0. The van der Waals surface area contributed by atoms with Crippen molar-refractivity contribution in [3.63, 3.8) is 0 Å². The van der Waals surface area contributed by atoms with Crippen molar-refractivity contribution >= 4 is 21.1 Å². The van der Waals surface area contributed by atoms with Crippen molar-refractivity contribution in [2.24, 2.45) is 0 Å². The van der Waals surface area contributed by atoms with E-state index in [9.17, 15) is 26.4 Å². The zero-order valence-electron chi connectivity index (χ0n) is 17.5. The maximum Gasteiger partial charge on any atom is 0.417 e. The Morgan fingerprint density at radius 1 is 1.06 bits per heavy atom. The number of sulfonamides is 1. The number of aromatic nitrogens is 3. The zero-order valence-corrected chi connectivity index (χ0v) is 18.3. The summed E-state index contributed by atoms with van der Waals surface area (Å²) in [7, 11) is -3.65. The zero-order chi connectivity index (χ0) is 23.1. The van der Waals surface area contributed by atoms with Gasteiger partial charge in [0.1, 0.15) is 5.82 Å². The Morgan fingerprint density at radius 3 is 2.44 bits per heavy atom. The van der Waals surface area contributed by atoms with Gasteiger partial charge in [0.2, 0.25) is 10.0 Å². The topological polar surface area (TPSA) is 77.2 Å². The Bertz CT molecular complexity index is 1310. The van der Waals surface area contributed by atoms with Crippen molar-refractivity contribution < 1.29 is 21.6 Å². The molecule has 7 nitrogen and oxygen atoms in total. The number of benzene rings is 1. The first-order valence-corrected chi connectivity index (χ1v) is 11.8. The highest BCUT2D eigenvalue weighted by atomic mass is 32.2. The van der Waals surface area contributed by atoms with Gasteiger partial charge in [0.25, 0.3) is 5.56 Å². The molecule has 1 fully saturated rings. The smallest absolute Gasteiger partial charge is 0.327 e.